The molecule has 0 saturated carbocycles. The maximum Gasteiger partial charge on any atom is 0.0733 e. The van der Waals surface area contributed by atoms with Crippen LogP contribution in [0.2, 0.25) is 0 Å². The van der Waals surface area contributed by atoms with Crippen LogP contribution in [0.25, 0.3) is 0 Å². The van der Waals surface area contributed by atoms with Crippen molar-refractivity contribution < 1.29 is 4.74 Å². The zero-order chi connectivity index (χ0) is 8.81. The number of hydrogen-bond acceptors (Lipinski definition) is 2. The molecule has 0 radical (unpaired) electrons. The molecule has 0 aliphatic rings. The van der Waals surface area contributed by atoms with Gasteiger partial charge in [-0.1, -0.05) is 6.08 Å². The lowest BCUT2D eigenvalue weighted by atomic mass is 10.3. The van der Waals surface area contributed by atoms with E-state index in [1.165, 1.54) is 0 Å². The van der Waals surface area contributed by atoms with E-state index in [-0.39, 0.29) is 0 Å². The molecule has 0 unspecified atom stereocenters. The van der Waals surface area contributed by atoms with Crippen molar-refractivity contribution in [2.75, 3.05) is 6.61 Å². The van der Waals surface area contributed by atoms with Crippen LogP contribution in [0.4, 0.5) is 0 Å². The number of aromatic nitrogens is 1. The zero-order valence-corrected chi connectivity index (χ0v) is 8.25. The molecule has 0 saturated heterocycles. The predicted molar refractivity (Wildman–Crippen MR) is 51.8 cm³/mol. The van der Waals surface area contributed by atoms with Gasteiger partial charge in [0.15, 0.2) is 0 Å². The molecule has 0 atom stereocenters. The van der Waals surface area contributed by atoms with Crippen molar-refractivity contribution in [3.05, 3.63) is 41.2 Å². The molecule has 0 aliphatic carbocycles. The van der Waals surface area contributed by atoms with E-state index in [9.17, 15) is 0 Å². The van der Waals surface area contributed by atoms with Gasteiger partial charge < -0.3 is 4.74 Å². The first-order valence-corrected chi connectivity index (χ1v) is 4.41. The fourth-order valence-electron chi connectivity index (χ4n) is 0.773. The molecule has 0 N–H and O–H groups in total. The molecule has 0 fully saturated rings. The molecule has 64 valence electrons. The molecule has 3 heteroatoms. The van der Waals surface area contributed by atoms with Gasteiger partial charge in [0.25, 0.3) is 0 Å². The van der Waals surface area contributed by atoms with Crippen molar-refractivity contribution in [1.82, 2.24) is 4.98 Å². The van der Waals surface area contributed by atoms with Crippen LogP contribution in [-0.4, -0.2) is 11.6 Å². The smallest absolute Gasteiger partial charge is 0.0733 e. The number of nitrogens with zero attached hydrogens (tertiary/aromatic N) is 1. The lowest BCUT2D eigenvalue weighted by Gasteiger charge is -2.02. The summed E-state index contributed by atoms with van der Waals surface area (Å²) in [4.78, 5) is 3.95. The van der Waals surface area contributed by atoms with E-state index >= 15 is 0 Å². The molecule has 1 heterocycles. The summed E-state index contributed by atoms with van der Waals surface area (Å²) < 4.78 is 6.25. The van der Waals surface area contributed by atoms with Gasteiger partial charge in [0, 0.05) is 16.9 Å². The van der Waals surface area contributed by atoms with E-state index in [2.05, 4.69) is 27.5 Å². The van der Waals surface area contributed by atoms with Crippen LogP contribution in [0.1, 0.15) is 5.56 Å². The largest absolute Gasteiger partial charge is 0.373 e. The highest BCUT2D eigenvalue weighted by molar-refractivity contribution is 9.10. The highest BCUT2D eigenvalue weighted by Gasteiger charge is 1.97. The highest BCUT2D eigenvalue weighted by Crippen LogP contribution is 2.14. The Morgan fingerprint density at radius 3 is 3.17 bits per heavy atom. The summed E-state index contributed by atoms with van der Waals surface area (Å²) in [6.07, 6.45) is 5.24. The molecule has 1 aromatic heterocycles. The van der Waals surface area contributed by atoms with Crippen LogP contribution in [0.3, 0.4) is 0 Å². The van der Waals surface area contributed by atoms with Crippen LogP contribution < -0.4 is 0 Å². The molecule has 1 aromatic rings. The van der Waals surface area contributed by atoms with Gasteiger partial charge in [-0.2, -0.15) is 0 Å². The minimum Gasteiger partial charge on any atom is -0.373 e. The van der Waals surface area contributed by atoms with Gasteiger partial charge >= 0.3 is 0 Å². The minimum atomic E-state index is 0.578. The van der Waals surface area contributed by atoms with Crippen LogP contribution in [0.5, 0.6) is 0 Å². The Morgan fingerprint density at radius 1 is 1.67 bits per heavy atom. The predicted octanol–water partition coefficient (Wildman–Crippen LogP) is 2.55. The second kappa shape index (κ2) is 5.06. The van der Waals surface area contributed by atoms with Crippen molar-refractivity contribution in [2.24, 2.45) is 0 Å². The first-order valence-electron chi connectivity index (χ1n) is 3.61. The molecule has 0 amide bonds. The van der Waals surface area contributed by atoms with Crippen LogP contribution in [-0.2, 0) is 11.3 Å². The molecule has 0 bridgehead atoms. The first kappa shape index (κ1) is 9.42. The highest BCUT2D eigenvalue weighted by atomic mass is 79.9. The lowest BCUT2D eigenvalue weighted by Crippen LogP contribution is -1.93. The topological polar surface area (TPSA) is 22.1 Å². The van der Waals surface area contributed by atoms with Crippen molar-refractivity contribution in [1.29, 1.82) is 0 Å². The van der Waals surface area contributed by atoms with Crippen molar-refractivity contribution in [3.63, 3.8) is 0 Å². The fourth-order valence-corrected chi connectivity index (χ4v) is 1.14. The number of pyridine rings is 1. The van der Waals surface area contributed by atoms with E-state index in [4.69, 9.17) is 4.74 Å². The molecule has 12 heavy (non-hydrogen) atoms. The Labute approximate surface area is 80.4 Å². The summed E-state index contributed by atoms with van der Waals surface area (Å²) in [5, 5.41) is 0. The quantitative estimate of drug-likeness (QED) is 0.583. The number of rotatable bonds is 4. The number of halogens is 1. The summed E-state index contributed by atoms with van der Waals surface area (Å²) in [5.74, 6) is 0. The van der Waals surface area contributed by atoms with Crippen molar-refractivity contribution in [2.45, 2.75) is 6.61 Å². The third kappa shape index (κ3) is 2.75. The average molecular weight is 228 g/mol. The summed E-state index contributed by atoms with van der Waals surface area (Å²) in [5.41, 5.74) is 1.10. The van der Waals surface area contributed by atoms with Gasteiger partial charge in [0.2, 0.25) is 0 Å². The third-order valence-electron chi connectivity index (χ3n) is 1.35. The van der Waals surface area contributed by atoms with Crippen molar-refractivity contribution in [3.8, 4) is 0 Å². The van der Waals surface area contributed by atoms with Gasteiger partial charge in [-0.15, -0.1) is 6.58 Å². The maximum atomic E-state index is 5.27. The summed E-state index contributed by atoms with van der Waals surface area (Å²) >= 11 is 3.38. The molecular weight excluding hydrogens is 218 g/mol. The lowest BCUT2D eigenvalue weighted by molar-refractivity contribution is 0.148. The standard InChI is InChI=1S/C9H10BrNO/c1-2-5-12-7-8-3-4-11-6-9(8)10/h2-4,6H,1,5,7H2. The molecule has 0 spiro atoms. The monoisotopic (exact) mass is 227 g/mol. The Balaban J connectivity index is 2.51. The van der Waals surface area contributed by atoms with Gasteiger partial charge in [-0.3, -0.25) is 4.98 Å². The third-order valence-corrected chi connectivity index (χ3v) is 2.06. The molecular formula is C9H10BrNO. The number of ether oxygens (including phenoxy) is 1. The molecule has 1 rings (SSSR count). The second-order valence-corrected chi connectivity index (χ2v) is 3.13. The normalized spacial score (nSPS) is 9.75. The minimum absolute atomic E-state index is 0.578. The van der Waals surface area contributed by atoms with Crippen molar-refractivity contribution >= 4 is 15.9 Å². The molecule has 2 nitrogen and oxygen atoms in total. The van der Waals surface area contributed by atoms with E-state index in [0.717, 1.165) is 10.0 Å². The Kier molecular flexibility index (Phi) is 3.97. The molecule has 0 aromatic carbocycles. The van der Waals surface area contributed by atoms with E-state index in [0.29, 0.717) is 13.2 Å². The summed E-state index contributed by atoms with van der Waals surface area (Å²) in [7, 11) is 0. The van der Waals surface area contributed by atoms with E-state index in [1.54, 1.807) is 18.5 Å². The van der Waals surface area contributed by atoms with Crippen LogP contribution in [0, 0.1) is 0 Å². The Hall–Kier alpha value is -0.670. The van der Waals surface area contributed by atoms with Crippen LogP contribution in [0.15, 0.2) is 35.6 Å². The van der Waals surface area contributed by atoms with E-state index in [1.807, 2.05) is 6.07 Å². The average Bonchev–Trinajstić information content (AvgIpc) is 2.09. The Bertz CT molecular complexity index is 262. The maximum absolute atomic E-state index is 5.27. The fraction of sp³-hybridized carbons (Fsp3) is 0.222. The van der Waals surface area contributed by atoms with Gasteiger partial charge in [-0.25, -0.2) is 0 Å². The van der Waals surface area contributed by atoms with Crippen LogP contribution >= 0.6 is 15.9 Å². The Morgan fingerprint density at radius 2 is 2.50 bits per heavy atom. The van der Waals surface area contributed by atoms with Gasteiger partial charge in [0.1, 0.15) is 0 Å². The first-order chi connectivity index (χ1) is 5.84. The molecule has 0 aliphatic heterocycles. The zero-order valence-electron chi connectivity index (χ0n) is 6.66. The second-order valence-electron chi connectivity index (χ2n) is 2.27. The van der Waals surface area contributed by atoms with Gasteiger partial charge in [0.05, 0.1) is 13.2 Å². The summed E-state index contributed by atoms with van der Waals surface area (Å²) in [6.45, 7) is 4.74. The summed E-state index contributed by atoms with van der Waals surface area (Å²) in [6, 6.07) is 1.92. The SMILES string of the molecule is C=CCOCc1ccncc1Br. The van der Waals surface area contributed by atoms with E-state index < -0.39 is 0 Å². The number of hydrogen-bond donors (Lipinski definition) is 0. The van der Waals surface area contributed by atoms with Gasteiger partial charge in [-0.05, 0) is 27.6 Å².